The highest BCUT2D eigenvalue weighted by molar-refractivity contribution is 5.98. The first-order chi connectivity index (χ1) is 32.4. The van der Waals surface area contributed by atoms with Crippen molar-refractivity contribution in [3.05, 3.63) is 47.8 Å². The van der Waals surface area contributed by atoms with E-state index in [0.717, 1.165) is 0 Å². The topological polar surface area (TPSA) is 406 Å². The molecule has 9 atom stereocenters. The molecule has 7 amide bonds. The highest BCUT2D eigenvalue weighted by Gasteiger charge is 2.46. The number of aromatic nitrogens is 3. The number of rotatable bonds is 21. The van der Waals surface area contributed by atoms with Crippen molar-refractivity contribution in [1.29, 1.82) is 0 Å². The summed E-state index contributed by atoms with van der Waals surface area (Å²) in [5.74, 6) is -7.62. The van der Waals surface area contributed by atoms with Gasteiger partial charge in [0, 0.05) is 32.3 Å². The number of aliphatic carboxylic acids is 1. The molecule has 0 bridgehead atoms. The zero-order chi connectivity index (χ0) is 49.8. The number of carbonyl (C=O) groups is 8. The summed E-state index contributed by atoms with van der Waals surface area (Å²) in [6.45, 7) is -1.94. The number of halogens is 1. The van der Waals surface area contributed by atoms with E-state index in [1.807, 2.05) is 0 Å². The molecule has 2 aromatic rings. The molecule has 2 unspecified atom stereocenters. The van der Waals surface area contributed by atoms with Gasteiger partial charge in [-0.3, -0.25) is 47.7 Å². The monoisotopic (exact) mass is 960 g/mol. The summed E-state index contributed by atoms with van der Waals surface area (Å²) < 4.78 is 19.3. The number of hydrogen-bond donors (Lipinski definition) is 13. The van der Waals surface area contributed by atoms with Gasteiger partial charge >= 0.3 is 5.97 Å². The Morgan fingerprint density at radius 1 is 0.824 bits per heavy atom. The lowest BCUT2D eigenvalue weighted by atomic mass is 9.94. The van der Waals surface area contributed by atoms with Crippen LogP contribution in [-0.2, 0) is 62.5 Å². The smallest absolute Gasteiger partial charge is 0.305 e. The summed E-state index contributed by atoms with van der Waals surface area (Å²) in [6.07, 6.45) is -7.09. The van der Waals surface area contributed by atoms with E-state index < -0.39 is 122 Å². The zero-order valence-electron chi connectivity index (χ0n) is 37.1. The lowest BCUT2D eigenvalue weighted by Gasteiger charge is -2.40. The number of carboxylic acid groups (broad SMARTS) is 1. The molecule has 0 radical (unpaired) electrons. The van der Waals surface area contributed by atoms with Crippen molar-refractivity contribution in [3.8, 4) is 0 Å². The number of carbonyl (C=O) groups excluding carboxylic acids is 7. The Morgan fingerprint density at radius 3 is 2.18 bits per heavy atom. The number of aliphatic hydroxyl groups is 3. The maximum atomic E-state index is 14.0. The van der Waals surface area contributed by atoms with Gasteiger partial charge in [0.1, 0.15) is 55.1 Å². The SMILES string of the molecule is NC(N)=NCCC[C@@H]1NC(=O)[C@H](CCCCNC(=O)C2O[C@H](CNC(=O)Cn3cc(CCC[18F])nn3)[C@@H](O)C(O)[C@@H]2O)NC(=O)[C@@H](Cc2ccccc2)NC(=O)[C@H](CC(=O)O)NC(=O)CNC1=O. The number of benzene rings is 1. The second-order valence-electron chi connectivity index (χ2n) is 16.1. The van der Waals surface area contributed by atoms with Crippen LogP contribution < -0.4 is 48.7 Å². The van der Waals surface area contributed by atoms with Gasteiger partial charge in [-0.15, -0.1) is 5.10 Å². The van der Waals surface area contributed by atoms with E-state index in [4.69, 9.17) is 16.2 Å². The Kier molecular flexibility index (Phi) is 21.4. The minimum absolute atomic E-state index is 0.0394. The Balaban J connectivity index is 1.45. The molecule has 4 rings (SSSR count). The molecule has 374 valence electrons. The maximum absolute atomic E-state index is 14.0. The van der Waals surface area contributed by atoms with Crippen molar-refractivity contribution >= 4 is 53.3 Å². The van der Waals surface area contributed by atoms with E-state index in [2.05, 4.69) is 52.5 Å². The molecule has 3 heterocycles. The van der Waals surface area contributed by atoms with Crippen molar-refractivity contribution in [2.45, 2.75) is 119 Å². The first-order valence-electron chi connectivity index (χ1n) is 21.9. The van der Waals surface area contributed by atoms with Gasteiger partial charge < -0.3 is 73.8 Å². The van der Waals surface area contributed by atoms with Crippen LogP contribution in [-0.4, -0.2) is 176 Å². The fourth-order valence-corrected chi connectivity index (χ4v) is 7.15. The van der Waals surface area contributed by atoms with Crippen LogP contribution in [0.5, 0.6) is 0 Å². The third-order valence-electron chi connectivity index (χ3n) is 10.7. The third-order valence-corrected chi connectivity index (χ3v) is 10.7. The van der Waals surface area contributed by atoms with Crippen LogP contribution >= 0.6 is 0 Å². The van der Waals surface area contributed by atoms with Crippen molar-refractivity contribution in [2.75, 3.05) is 32.9 Å². The van der Waals surface area contributed by atoms with Gasteiger partial charge in [0.15, 0.2) is 12.1 Å². The quantitative estimate of drug-likeness (QED) is 0.0315. The molecule has 26 nitrogen and oxygen atoms in total. The third kappa shape index (κ3) is 17.4. The Labute approximate surface area is 388 Å². The minimum atomic E-state index is -1.87. The number of guanidine groups is 1. The highest BCUT2D eigenvalue weighted by Crippen LogP contribution is 2.21. The lowest BCUT2D eigenvalue weighted by molar-refractivity contribution is -0.219. The number of aryl methyl sites for hydroxylation is 1. The highest BCUT2D eigenvalue weighted by atomic mass is 18.2. The van der Waals surface area contributed by atoms with Crippen LogP contribution in [0.2, 0.25) is 0 Å². The number of unbranched alkanes of at least 4 members (excludes halogenated alkanes) is 1. The number of aliphatic imine (C=N–C) groups is 1. The molecule has 1 aromatic carbocycles. The molecule has 0 saturated carbocycles. The number of hydrogen-bond acceptors (Lipinski definition) is 15. The predicted octanol–water partition coefficient (Wildman–Crippen LogP) is -5.73. The molecule has 0 aliphatic carbocycles. The van der Waals surface area contributed by atoms with E-state index >= 15 is 0 Å². The average molecular weight is 961 g/mol. The van der Waals surface area contributed by atoms with Gasteiger partial charge in [-0.05, 0) is 50.5 Å². The van der Waals surface area contributed by atoms with Crippen molar-refractivity contribution in [3.63, 3.8) is 0 Å². The van der Waals surface area contributed by atoms with Gasteiger partial charge in [0.25, 0.3) is 5.91 Å². The van der Waals surface area contributed by atoms with Crippen LogP contribution in [0.15, 0.2) is 41.5 Å². The Bertz CT molecular complexity index is 2080. The van der Waals surface area contributed by atoms with Crippen LogP contribution in [0, 0.1) is 0 Å². The summed E-state index contributed by atoms with van der Waals surface area (Å²) in [5.41, 5.74) is 11.9. The standard InChI is InChI=1S/C41H60FN13O13/c42-13-6-10-23-20-55(54-53-23)21-30(57)47-18-28-32(60)33(61)34(62)35(68-28)40(67)45-14-5-4-11-25-37(64)50-24(12-7-15-46-41(43)44)36(63)48-19-29(56)49-27(17-31(58)59)39(66)52-26(38(65)51-25)16-22-8-2-1-3-9-22/h1-3,8-9,20,24-28,32-35,60-62H,4-7,10-19,21H2,(H,45,67)(H,47,57)(H,48,63)(H,49,56)(H,50,64)(H,51,65)(H,52,66)(H,58,59)(H4,43,44,46)/t24-,25-,26+,27-,28+,32+,33?,34-,35?/m0/s1/i42-1. The molecule has 2 fully saturated rings. The van der Waals surface area contributed by atoms with Crippen molar-refractivity contribution in [2.24, 2.45) is 16.5 Å². The molecule has 27 heteroatoms. The number of nitrogens with two attached hydrogens (primary N) is 2. The number of ether oxygens (including phenoxy) is 1. The molecule has 0 spiro atoms. The molecule has 2 saturated heterocycles. The number of amides is 7. The molecular formula is C41H60FN13O13. The molecule has 2 aliphatic heterocycles. The summed E-state index contributed by atoms with van der Waals surface area (Å²) in [5, 5.41) is 66.4. The number of nitrogens with zero attached hydrogens (tertiary/aromatic N) is 4. The molecular weight excluding hydrogens is 901 g/mol. The van der Waals surface area contributed by atoms with E-state index in [0.29, 0.717) is 17.7 Å². The first kappa shape index (κ1) is 53.8. The van der Waals surface area contributed by atoms with Gasteiger partial charge in [-0.1, -0.05) is 35.5 Å². The van der Waals surface area contributed by atoms with Crippen molar-refractivity contribution in [1.82, 2.24) is 52.2 Å². The van der Waals surface area contributed by atoms with Crippen LogP contribution in [0.25, 0.3) is 0 Å². The molecule has 68 heavy (non-hydrogen) atoms. The zero-order valence-corrected chi connectivity index (χ0v) is 37.1. The Morgan fingerprint density at radius 2 is 1.49 bits per heavy atom. The lowest BCUT2D eigenvalue weighted by Crippen LogP contribution is -2.63. The van der Waals surface area contributed by atoms with Crippen LogP contribution in [0.1, 0.15) is 56.2 Å². The maximum Gasteiger partial charge on any atom is 0.305 e. The molecule has 1 aromatic heterocycles. The van der Waals surface area contributed by atoms with Crippen LogP contribution in [0.3, 0.4) is 0 Å². The number of carboxylic acids is 1. The predicted molar refractivity (Wildman–Crippen MR) is 234 cm³/mol. The van der Waals surface area contributed by atoms with Gasteiger partial charge in [0.2, 0.25) is 35.4 Å². The number of alkyl halides is 1. The van der Waals surface area contributed by atoms with Gasteiger partial charge in [-0.25, -0.2) is 4.68 Å². The summed E-state index contributed by atoms with van der Waals surface area (Å²) >= 11 is 0. The van der Waals surface area contributed by atoms with Gasteiger partial charge in [0.05, 0.1) is 25.3 Å². The number of nitrogens with one attached hydrogen (secondary N) is 7. The normalized spacial score (nSPS) is 24.9. The minimum Gasteiger partial charge on any atom is -0.481 e. The summed E-state index contributed by atoms with van der Waals surface area (Å²) in [4.78, 5) is 109. The van der Waals surface area contributed by atoms with E-state index in [1.165, 1.54) is 10.9 Å². The van der Waals surface area contributed by atoms with Crippen LogP contribution in [0.4, 0.5) is 4.39 Å². The fourth-order valence-electron chi connectivity index (χ4n) is 7.15. The van der Waals surface area contributed by atoms with E-state index in [1.54, 1.807) is 30.3 Å². The second-order valence-corrected chi connectivity index (χ2v) is 16.1. The van der Waals surface area contributed by atoms with Crippen molar-refractivity contribution < 1.29 is 67.9 Å². The van der Waals surface area contributed by atoms with E-state index in [9.17, 15) is 63.2 Å². The number of aliphatic hydroxyl groups excluding tert-OH is 3. The molecule has 15 N–H and O–H groups in total. The average Bonchev–Trinajstić information content (AvgIpc) is 3.75. The molecule has 2 aliphatic rings. The summed E-state index contributed by atoms with van der Waals surface area (Å²) in [6, 6.07) is 2.70. The Hall–Kier alpha value is -6.84. The van der Waals surface area contributed by atoms with E-state index in [-0.39, 0.29) is 77.1 Å². The fraction of sp³-hybridized carbons (Fsp3) is 0.585. The summed E-state index contributed by atoms with van der Waals surface area (Å²) in [7, 11) is 0. The van der Waals surface area contributed by atoms with Gasteiger partial charge in [-0.2, -0.15) is 0 Å². The first-order valence-corrected chi connectivity index (χ1v) is 21.9. The second kappa shape index (κ2) is 27.1. The largest absolute Gasteiger partial charge is 0.481 e.